The quantitative estimate of drug-likeness (QED) is 0.295. The molecular weight excluding hydrogens is 440 g/mol. The molecule has 1 atom stereocenters. The molecule has 0 saturated carbocycles. The maximum absolute atomic E-state index is 13.0. The number of fused-ring (bicyclic) bond motifs is 1. The van der Waals surface area contributed by atoms with E-state index in [-0.39, 0.29) is 11.7 Å². The van der Waals surface area contributed by atoms with Crippen molar-refractivity contribution >= 4 is 38.6 Å². The normalized spacial score (nSPS) is 16.5. The van der Waals surface area contributed by atoms with Crippen LogP contribution in [-0.4, -0.2) is 34.6 Å². The third-order valence-electron chi connectivity index (χ3n) is 4.62. The van der Waals surface area contributed by atoms with Gasteiger partial charge < -0.3 is 9.47 Å². The summed E-state index contributed by atoms with van der Waals surface area (Å²) in [6.07, 6.45) is 2.11. The van der Waals surface area contributed by atoms with Crippen molar-refractivity contribution in [3.63, 3.8) is 0 Å². The van der Waals surface area contributed by atoms with E-state index in [0.29, 0.717) is 24.3 Å². The Morgan fingerprint density at radius 3 is 2.96 bits per heavy atom. The maximum atomic E-state index is 13.0. The molecule has 2 heterocycles. The van der Waals surface area contributed by atoms with Gasteiger partial charge in [0.05, 0.1) is 30.2 Å². The Morgan fingerprint density at radius 2 is 2.14 bits per heavy atom. The molecule has 28 heavy (non-hydrogen) atoms. The minimum atomic E-state index is -0.00323. The van der Waals surface area contributed by atoms with Gasteiger partial charge in [0, 0.05) is 16.8 Å². The van der Waals surface area contributed by atoms with Crippen LogP contribution in [0.4, 0.5) is 0 Å². The predicted octanol–water partition coefficient (Wildman–Crippen LogP) is 4.51. The van der Waals surface area contributed by atoms with Gasteiger partial charge in [0.15, 0.2) is 5.16 Å². The molecular formula is C21H21BrN2O3S. The fourth-order valence-electron chi connectivity index (χ4n) is 3.26. The van der Waals surface area contributed by atoms with E-state index in [1.54, 1.807) is 16.3 Å². The first kappa shape index (κ1) is 19.5. The van der Waals surface area contributed by atoms with E-state index in [1.807, 2.05) is 48.5 Å². The van der Waals surface area contributed by atoms with Gasteiger partial charge >= 0.3 is 0 Å². The minimum absolute atomic E-state index is 0.00323. The zero-order valence-corrected chi connectivity index (χ0v) is 17.7. The van der Waals surface area contributed by atoms with Crippen LogP contribution in [0.2, 0.25) is 0 Å². The number of rotatable bonds is 7. The number of nitrogens with zero attached hydrogens (tertiary/aromatic N) is 2. The number of thioether (sulfide) groups is 1. The first-order valence-electron chi connectivity index (χ1n) is 9.33. The standard InChI is InChI=1S/C21H21BrN2O3S/c22-15-5-3-6-16(13-15)27-11-12-28-21-23-19-9-2-1-8-18(19)20(25)24(21)14-17-7-4-10-26-17/h1-3,5-6,8-9,13,17H,4,7,10-12,14H2/t17-/m1/s1. The van der Waals surface area contributed by atoms with Gasteiger partial charge in [-0.1, -0.05) is 45.9 Å². The summed E-state index contributed by atoms with van der Waals surface area (Å²) in [5.41, 5.74) is 0.725. The molecule has 7 heteroatoms. The average molecular weight is 461 g/mol. The number of hydrogen-bond donors (Lipinski definition) is 0. The third kappa shape index (κ3) is 4.59. The van der Waals surface area contributed by atoms with Crippen molar-refractivity contribution in [2.24, 2.45) is 0 Å². The van der Waals surface area contributed by atoms with E-state index in [0.717, 1.165) is 40.3 Å². The molecule has 0 amide bonds. The Bertz CT molecular complexity index is 1020. The van der Waals surface area contributed by atoms with Gasteiger partial charge in [-0.3, -0.25) is 9.36 Å². The molecule has 3 aromatic rings. The van der Waals surface area contributed by atoms with Gasteiger partial charge in [-0.15, -0.1) is 0 Å². The molecule has 0 spiro atoms. The minimum Gasteiger partial charge on any atom is -0.493 e. The molecule has 146 valence electrons. The first-order valence-corrected chi connectivity index (χ1v) is 11.1. The molecule has 1 aliphatic heterocycles. The van der Waals surface area contributed by atoms with Gasteiger partial charge in [0.1, 0.15) is 5.75 Å². The largest absolute Gasteiger partial charge is 0.493 e. The smallest absolute Gasteiger partial charge is 0.262 e. The Morgan fingerprint density at radius 1 is 1.25 bits per heavy atom. The molecule has 5 nitrogen and oxygen atoms in total. The summed E-state index contributed by atoms with van der Waals surface area (Å²) in [4.78, 5) is 17.8. The summed E-state index contributed by atoms with van der Waals surface area (Å²) in [5.74, 6) is 1.52. The molecule has 1 saturated heterocycles. The summed E-state index contributed by atoms with van der Waals surface area (Å²) in [5, 5.41) is 1.37. The van der Waals surface area contributed by atoms with Crippen molar-refractivity contribution in [3.8, 4) is 5.75 Å². The highest BCUT2D eigenvalue weighted by Gasteiger charge is 2.20. The van der Waals surface area contributed by atoms with Crippen molar-refractivity contribution in [1.29, 1.82) is 0 Å². The Balaban J connectivity index is 1.51. The Labute approximate surface area is 176 Å². The maximum Gasteiger partial charge on any atom is 0.262 e. The zero-order chi connectivity index (χ0) is 19.3. The lowest BCUT2D eigenvalue weighted by molar-refractivity contribution is 0.0937. The number of benzene rings is 2. The zero-order valence-electron chi connectivity index (χ0n) is 15.3. The van der Waals surface area contributed by atoms with E-state index >= 15 is 0 Å². The van der Waals surface area contributed by atoms with Gasteiger partial charge in [0.25, 0.3) is 5.56 Å². The molecule has 0 bridgehead atoms. The number of hydrogen-bond acceptors (Lipinski definition) is 5. The second-order valence-corrected chi connectivity index (χ2v) is 8.59. The molecule has 0 aliphatic carbocycles. The van der Waals surface area contributed by atoms with E-state index in [9.17, 15) is 4.79 Å². The van der Waals surface area contributed by atoms with E-state index < -0.39 is 0 Å². The van der Waals surface area contributed by atoms with Crippen LogP contribution in [0.3, 0.4) is 0 Å². The fraction of sp³-hybridized carbons (Fsp3) is 0.333. The SMILES string of the molecule is O=c1c2ccccc2nc(SCCOc2cccc(Br)c2)n1C[C@H]1CCCO1. The lowest BCUT2D eigenvalue weighted by Gasteiger charge is -2.16. The van der Waals surface area contributed by atoms with E-state index in [2.05, 4.69) is 15.9 Å². The van der Waals surface area contributed by atoms with Crippen LogP contribution >= 0.6 is 27.7 Å². The van der Waals surface area contributed by atoms with Gasteiger partial charge in [-0.2, -0.15) is 0 Å². The molecule has 0 unspecified atom stereocenters. The van der Waals surface area contributed by atoms with Crippen molar-refractivity contribution in [2.45, 2.75) is 30.6 Å². The highest BCUT2D eigenvalue weighted by atomic mass is 79.9. The van der Waals surface area contributed by atoms with E-state index in [1.165, 1.54) is 0 Å². The highest BCUT2D eigenvalue weighted by Crippen LogP contribution is 2.22. The summed E-state index contributed by atoms with van der Waals surface area (Å²) >= 11 is 4.99. The van der Waals surface area contributed by atoms with Crippen LogP contribution in [0.1, 0.15) is 12.8 Å². The van der Waals surface area contributed by atoms with Crippen molar-refractivity contribution in [1.82, 2.24) is 9.55 Å². The second-order valence-electron chi connectivity index (χ2n) is 6.62. The summed E-state index contributed by atoms with van der Waals surface area (Å²) < 4.78 is 14.3. The molecule has 0 N–H and O–H groups in total. The van der Waals surface area contributed by atoms with E-state index in [4.69, 9.17) is 14.5 Å². The molecule has 1 fully saturated rings. The Hall–Kier alpha value is -1.83. The van der Waals surface area contributed by atoms with Gasteiger partial charge in [-0.05, 0) is 43.2 Å². The third-order valence-corrected chi connectivity index (χ3v) is 6.05. The van der Waals surface area contributed by atoms with Crippen molar-refractivity contribution in [3.05, 3.63) is 63.4 Å². The molecule has 4 rings (SSSR count). The van der Waals surface area contributed by atoms with Crippen LogP contribution in [0.15, 0.2) is 63.0 Å². The topological polar surface area (TPSA) is 53.3 Å². The lowest BCUT2D eigenvalue weighted by atomic mass is 10.2. The molecule has 0 radical (unpaired) electrons. The fourth-order valence-corrected chi connectivity index (χ4v) is 4.46. The van der Waals surface area contributed by atoms with Crippen LogP contribution in [0, 0.1) is 0 Å². The lowest BCUT2D eigenvalue weighted by Crippen LogP contribution is -2.29. The van der Waals surface area contributed by atoms with Crippen molar-refractivity contribution in [2.75, 3.05) is 19.0 Å². The van der Waals surface area contributed by atoms with Gasteiger partial charge in [-0.25, -0.2) is 4.98 Å². The first-order chi connectivity index (χ1) is 13.7. The monoisotopic (exact) mass is 460 g/mol. The number of ether oxygens (including phenoxy) is 2. The number of aromatic nitrogens is 2. The van der Waals surface area contributed by atoms with Crippen LogP contribution in [0.25, 0.3) is 10.9 Å². The predicted molar refractivity (Wildman–Crippen MR) is 115 cm³/mol. The van der Waals surface area contributed by atoms with Crippen LogP contribution in [-0.2, 0) is 11.3 Å². The second kappa shape index (κ2) is 9.11. The Kier molecular flexibility index (Phi) is 6.34. The average Bonchev–Trinajstić information content (AvgIpc) is 3.21. The van der Waals surface area contributed by atoms with Gasteiger partial charge in [0.2, 0.25) is 0 Å². The molecule has 2 aromatic carbocycles. The number of para-hydroxylation sites is 1. The summed E-state index contributed by atoms with van der Waals surface area (Å²) in [6.45, 7) is 1.85. The van der Waals surface area contributed by atoms with Crippen molar-refractivity contribution < 1.29 is 9.47 Å². The molecule has 1 aliphatic rings. The number of halogens is 1. The summed E-state index contributed by atoms with van der Waals surface area (Å²) in [7, 11) is 0. The van der Waals surface area contributed by atoms with Crippen LogP contribution < -0.4 is 10.3 Å². The highest BCUT2D eigenvalue weighted by molar-refractivity contribution is 9.10. The molecule has 1 aromatic heterocycles. The van der Waals surface area contributed by atoms with Crippen LogP contribution in [0.5, 0.6) is 5.75 Å². The summed E-state index contributed by atoms with van der Waals surface area (Å²) in [6, 6.07) is 15.3.